The van der Waals surface area contributed by atoms with Crippen molar-refractivity contribution in [3.05, 3.63) is 72.9 Å². The van der Waals surface area contributed by atoms with E-state index in [1.165, 1.54) is 6.20 Å². The van der Waals surface area contributed by atoms with Gasteiger partial charge in [-0.05, 0) is 56.8 Å². The van der Waals surface area contributed by atoms with Crippen LogP contribution in [-0.2, 0) is 11.3 Å². The lowest BCUT2D eigenvalue weighted by atomic mass is 9.99. The topological polar surface area (TPSA) is 102 Å². The van der Waals surface area contributed by atoms with Crippen LogP contribution in [0.25, 0.3) is 16.8 Å². The van der Waals surface area contributed by atoms with Gasteiger partial charge in [-0.15, -0.1) is 0 Å². The molecule has 174 valence electrons. The van der Waals surface area contributed by atoms with E-state index >= 15 is 0 Å². The number of nitrogens with two attached hydrogens (primary N) is 2. The molecule has 7 heteroatoms. The van der Waals surface area contributed by atoms with Crippen LogP contribution >= 0.6 is 0 Å². The van der Waals surface area contributed by atoms with Gasteiger partial charge >= 0.3 is 0 Å². The van der Waals surface area contributed by atoms with E-state index in [0.29, 0.717) is 11.4 Å². The van der Waals surface area contributed by atoms with Crippen molar-refractivity contribution in [3.8, 4) is 11.1 Å². The fraction of sp³-hybridized carbons (Fsp3) is 0.308. The maximum atomic E-state index is 6.41. The summed E-state index contributed by atoms with van der Waals surface area (Å²) in [6, 6.07) is 8.07. The molecule has 2 aromatic rings. The van der Waals surface area contributed by atoms with E-state index in [1.807, 2.05) is 25.3 Å². The Morgan fingerprint density at radius 3 is 2.58 bits per heavy atom. The monoisotopic (exact) mass is 446 g/mol. The van der Waals surface area contributed by atoms with Crippen LogP contribution in [0.1, 0.15) is 32.0 Å². The minimum Gasteiger partial charge on any atom is -0.405 e. The quantitative estimate of drug-likeness (QED) is 0.410. The molecule has 1 aliphatic heterocycles. The van der Waals surface area contributed by atoms with Crippen molar-refractivity contribution >= 4 is 23.3 Å². The van der Waals surface area contributed by atoms with Gasteiger partial charge in [0.2, 0.25) is 0 Å². The summed E-state index contributed by atoms with van der Waals surface area (Å²) in [5, 5.41) is 3.23. The highest BCUT2D eigenvalue weighted by Gasteiger charge is 2.22. The number of ether oxygens (including phenoxy) is 1. The third-order valence-corrected chi connectivity index (χ3v) is 5.28. The molecule has 0 unspecified atom stereocenters. The van der Waals surface area contributed by atoms with Gasteiger partial charge < -0.3 is 21.5 Å². The summed E-state index contributed by atoms with van der Waals surface area (Å²) in [4.78, 5) is 11.5. The van der Waals surface area contributed by atoms with Gasteiger partial charge in [-0.1, -0.05) is 19.2 Å². The Morgan fingerprint density at radius 2 is 1.97 bits per heavy atom. The number of nitrogens with one attached hydrogen (secondary N) is 1. The number of rotatable bonds is 8. The Kier molecular flexibility index (Phi) is 8.03. The number of anilines is 2. The number of allylic oxidation sites excluding steroid dienone is 2. The maximum Gasteiger partial charge on any atom is 0.0710 e. The van der Waals surface area contributed by atoms with Crippen LogP contribution in [-0.4, -0.2) is 41.4 Å². The normalized spacial score (nSPS) is 19.2. The van der Waals surface area contributed by atoms with Gasteiger partial charge in [-0.3, -0.25) is 14.9 Å². The number of hydrogen-bond acceptors (Lipinski definition) is 7. The molecule has 0 bridgehead atoms. The van der Waals surface area contributed by atoms with Gasteiger partial charge in [0.05, 0.1) is 35.0 Å². The number of nitrogens with zero attached hydrogens (tertiary/aromatic N) is 3. The number of hydrogen-bond donors (Lipinski definition) is 3. The summed E-state index contributed by atoms with van der Waals surface area (Å²) >= 11 is 0. The highest BCUT2D eigenvalue weighted by Crippen LogP contribution is 2.35. The van der Waals surface area contributed by atoms with Gasteiger partial charge in [0.15, 0.2) is 0 Å². The average Bonchev–Trinajstić information content (AvgIpc) is 2.74. The van der Waals surface area contributed by atoms with E-state index in [0.717, 1.165) is 53.4 Å². The Labute approximate surface area is 196 Å². The summed E-state index contributed by atoms with van der Waals surface area (Å²) in [5.74, 6) is 0. The first kappa shape index (κ1) is 24.2. The lowest BCUT2D eigenvalue weighted by Gasteiger charge is -2.35. The largest absolute Gasteiger partial charge is 0.405 e. The van der Waals surface area contributed by atoms with E-state index < -0.39 is 0 Å². The number of nitrogen functional groups attached to an aromatic ring is 1. The molecule has 33 heavy (non-hydrogen) atoms. The van der Waals surface area contributed by atoms with Gasteiger partial charge in [0.1, 0.15) is 0 Å². The second-order valence-electron chi connectivity index (χ2n) is 8.49. The molecule has 5 N–H and O–H groups in total. The van der Waals surface area contributed by atoms with Crippen molar-refractivity contribution in [2.75, 3.05) is 24.1 Å². The molecule has 1 saturated heterocycles. The molecule has 1 aromatic heterocycles. The summed E-state index contributed by atoms with van der Waals surface area (Å²) in [6.07, 6.45) is 7.01. The van der Waals surface area contributed by atoms with Crippen molar-refractivity contribution in [3.63, 3.8) is 0 Å². The predicted molar refractivity (Wildman–Crippen MR) is 139 cm³/mol. The number of pyridine rings is 1. The molecule has 2 heterocycles. The van der Waals surface area contributed by atoms with Crippen molar-refractivity contribution in [2.45, 2.75) is 39.5 Å². The summed E-state index contributed by atoms with van der Waals surface area (Å²) in [5.41, 5.74) is 18.2. The van der Waals surface area contributed by atoms with Crippen molar-refractivity contribution in [1.29, 1.82) is 0 Å². The first-order chi connectivity index (χ1) is 15.8. The smallest absolute Gasteiger partial charge is 0.0710 e. The van der Waals surface area contributed by atoms with E-state index in [2.05, 4.69) is 54.3 Å². The molecule has 0 saturated carbocycles. The number of aromatic nitrogens is 1. The molecule has 0 radical (unpaired) electrons. The van der Waals surface area contributed by atoms with E-state index in [-0.39, 0.29) is 12.2 Å². The second kappa shape index (κ2) is 10.9. The van der Waals surface area contributed by atoms with Crippen LogP contribution in [0.2, 0.25) is 0 Å². The first-order valence-corrected chi connectivity index (χ1v) is 11.1. The molecule has 7 nitrogen and oxygen atoms in total. The zero-order chi connectivity index (χ0) is 24.0. The van der Waals surface area contributed by atoms with Crippen molar-refractivity contribution in [1.82, 2.24) is 9.88 Å². The molecular formula is C26H34N6O. The van der Waals surface area contributed by atoms with Crippen LogP contribution in [0.4, 0.5) is 11.4 Å². The highest BCUT2D eigenvalue weighted by atomic mass is 16.5. The van der Waals surface area contributed by atoms with Crippen LogP contribution in [0, 0.1) is 0 Å². The van der Waals surface area contributed by atoms with Gasteiger partial charge in [0.25, 0.3) is 0 Å². The highest BCUT2D eigenvalue weighted by molar-refractivity contribution is 5.90. The maximum absolute atomic E-state index is 6.41. The van der Waals surface area contributed by atoms with Crippen molar-refractivity contribution in [2.24, 2.45) is 10.7 Å². The van der Waals surface area contributed by atoms with Gasteiger partial charge in [-0.25, -0.2) is 0 Å². The molecular weight excluding hydrogens is 412 g/mol. The average molecular weight is 447 g/mol. The third kappa shape index (κ3) is 6.54. The molecule has 2 atom stereocenters. The second-order valence-corrected chi connectivity index (χ2v) is 8.49. The lowest BCUT2D eigenvalue weighted by Crippen LogP contribution is -2.44. The van der Waals surface area contributed by atoms with Gasteiger partial charge in [0, 0.05) is 48.9 Å². The summed E-state index contributed by atoms with van der Waals surface area (Å²) in [7, 11) is 0. The van der Waals surface area contributed by atoms with Crippen molar-refractivity contribution < 1.29 is 4.74 Å². The molecule has 1 aromatic carbocycles. The number of morpholine rings is 1. The Hall–Kier alpha value is -3.42. The van der Waals surface area contributed by atoms with E-state index in [9.17, 15) is 0 Å². The molecule has 0 amide bonds. The molecule has 1 fully saturated rings. The standard InChI is InChI=1S/C26H34N6O/c1-17(2)31-26-24(20(5)29-10-6-9-27)11-22(12-25(26)28)21-7-8-23(30-13-21)16-32-14-18(3)33-19(4)15-32/h6-13,18-19,31H,1,5,14-16,27-28H2,2-4H3/b9-6-,29-10?/t18-,19+. The molecule has 0 aliphatic carbocycles. The Bertz CT molecular complexity index is 1050. The zero-order valence-electron chi connectivity index (χ0n) is 19.7. The van der Waals surface area contributed by atoms with Crippen LogP contribution < -0.4 is 16.8 Å². The SMILES string of the molecule is C=C(C)Nc1c(N)cc(-c2ccc(CN3C[C@@H](C)O[C@@H](C)C3)nc2)cc1C(=C)N=C/C=C\N. The zero-order valence-corrected chi connectivity index (χ0v) is 19.7. The van der Waals surface area contributed by atoms with Gasteiger partial charge in [-0.2, -0.15) is 0 Å². The van der Waals surface area contributed by atoms with Crippen LogP contribution in [0.3, 0.4) is 0 Å². The molecule has 1 aliphatic rings. The minimum absolute atomic E-state index is 0.233. The van der Waals surface area contributed by atoms with E-state index in [1.54, 1.807) is 12.3 Å². The molecule has 0 spiro atoms. The summed E-state index contributed by atoms with van der Waals surface area (Å²) < 4.78 is 5.83. The summed E-state index contributed by atoms with van der Waals surface area (Å²) in [6.45, 7) is 16.7. The predicted octanol–water partition coefficient (Wildman–Crippen LogP) is 4.40. The lowest BCUT2D eigenvalue weighted by molar-refractivity contribution is -0.0707. The third-order valence-electron chi connectivity index (χ3n) is 5.28. The first-order valence-electron chi connectivity index (χ1n) is 11.1. The molecule has 3 rings (SSSR count). The number of aliphatic imine (C=N–C) groups is 1. The Morgan fingerprint density at radius 1 is 1.24 bits per heavy atom. The van der Waals surface area contributed by atoms with Crippen LogP contribution in [0.5, 0.6) is 0 Å². The minimum atomic E-state index is 0.233. The number of benzene rings is 1. The van der Waals surface area contributed by atoms with E-state index in [4.69, 9.17) is 21.2 Å². The Balaban J connectivity index is 1.87. The van der Waals surface area contributed by atoms with Crippen LogP contribution in [0.15, 0.2) is 66.6 Å². The fourth-order valence-corrected chi connectivity index (χ4v) is 4.00. The fourth-order valence-electron chi connectivity index (χ4n) is 4.00.